The van der Waals surface area contributed by atoms with Crippen molar-refractivity contribution in [2.45, 2.75) is 6.54 Å². The van der Waals surface area contributed by atoms with Crippen molar-refractivity contribution in [3.05, 3.63) is 72.1 Å². The van der Waals surface area contributed by atoms with Gasteiger partial charge in [0, 0.05) is 36.8 Å². The molecule has 0 aliphatic heterocycles. The van der Waals surface area contributed by atoms with Gasteiger partial charge in [-0.05, 0) is 35.4 Å². The van der Waals surface area contributed by atoms with Crippen LogP contribution in [-0.2, 0) is 13.6 Å². The molecule has 3 heterocycles. The van der Waals surface area contributed by atoms with Gasteiger partial charge in [0.1, 0.15) is 11.3 Å². The quantitative estimate of drug-likeness (QED) is 0.472. The zero-order chi connectivity index (χ0) is 18.3. The van der Waals surface area contributed by atoms with Crippen molar-refractivity contribution in [2.75, 3.05) is 0 Å². The number of carbonyl (C=O) groups excluding carboxylic acids is 1. The molecule has 0 radical (unpaired) electrons. The Bertz CT molecular complexity index is 1140. The van der Waals surface area contributed by atoms with Crippen LogP contribution in [0, 0.1) is 5.82 Å². The number of carbonyl (C=O) groups is 1. The Morgan fingerprint density at radius 3 is 2.70 bits per heavy atom. The first-order chi connectivity index (χ1) is 12.5. The number of halogens is 3. The normalized spacial score (nSPS) is 10.8. The summed E-state index contributed by atoms with van der Waals surface area (Å²) >= 11 is 5.65. The summed E-state index contributed by atoms with van der Waals surface area (Å²) in [5.41, 5.74) is 3.67. The summed E-state index contributed by atoms with van der Waals surface area (Å²) in [5.74, 6) is -0.323. The maximum absolute atomic E-state index is 14.6. The molecule has 0 spiro atoms. The standard InChI is InChI=1S/C19H14ClFN4O.ClH/c1-24-9-14(8-23-24)12-4-5-13(16(21)7-12)10-25-11-15(19(20)26)18-17(25)3-2-6-22-18;/h2-9,11H,10H2,1H3;1H. The fraction of sp³-hybridized carbons (Fsp3) is 0.105. The number of aryl methyl sites for hydroxylation is 1. The molecule has 8 heteroatoms. The van der Waals surface area contributed by atoms with Crippen LogP contribution < -0.4 is 0 Å². The van der Waals surface area contributed by atoms with Gasteiger partial charge in [-0.15, -0.1) is 12.4 Å². The monoisotopic (exact) mass is 404 g/mol. The average Bonchev–Trinajstić information content (AvgIpc) is 3.21. The van der Waals surface area contributed by atoms with Gasteiger partial charge >= 0.3 is 0 Å². The Kier molecular flexibility index (Phi) is 5.30. The number of rotatable bonds is 4. The summed E-state index contributed by atoms with van der Waals surface area (Å²) in [6, 6.07) is 8.68. The van der Waals surface area contributed by atoms with E-state index in [1.165, 1.54) is 6.07 Å². The highest BCUT2D eigenvalue weighted by Crippen LogP contribution is 2.25. The number of pyridine rings is 1. The summed E-state index contributed by atoms with van der Waals surface area (Å²) in [7, 11) is 1.81. The molecule has 0 atom stereocenters. The van der Waals surface area contributed by atoms with Crippen LogP contribution in [0.2, 0.25) is 0 Å². The number of nitrogens with zero attached hydrogens (tertiary/aromatic N) is 4. The molecule has 138 valence electrons. The molecular formula is C19H15Cl2FN4O. The van der Waals surface area contributed by atoms with Gasteiger partial charge in [0.2, 0.25) is 0 Å². The van der Waals surface area contributed by atoms with Crippen LogP contribution in [0.3, 0.4) is 0 Å². The number of hydrogen-bond donors (Lipinski definition) is 0. The van der Waals surface area contributed by atoms with Crippen LogP contribution >= 0.6 is 24.0 Å². The highest BCUT2D eigenvalue weighted by atomic mass is 35.5. The predicted molar refractivity (Wildman–Crippen MR) is 105 cm³/mol. The van der Waals surface area contributed by atoms with Crippen molar-refractivity contribution in [1.82, 2.24) is 19.3 Å². The minimum Gasteiger partial charge on any atom is -0.341 e. The van der Waals surface area contributed by atoms with E-state index in [0.29, 0.717) is 16.6 Å². The second kappa shape index (κ2) is 7.50. The van der Waals surface area contributed by atoms with Crippen LogP contribution in [0.1, 0.15) is 15.9 Å². The molecule has 4 aromatic rings. The lowest BCUT2D eigenvalue weighted by Gasteiger charge is -2.08. The minimum absolute atomic E-state index is 0. The molecule has 0 unspecified atom stereocenters. The molecule has 4 rings (SSSR count). The third kappa shape index (κ3) is 3.59. The Labute approximate surface area is 165 Å². The van der Waals surface area contributed by atoms with Gasteiger partial charge in [-0.3, -0.25) is 14.5 Å². The number of benzene rings is 1. The average molecular weight is 405 g/mol. The summed E-state index contributed by atoms with van der Waals surface area (Å²) in [4.78, 5) is 15.8. The number of hydrogen-bond acceptors (Lipinski definition) is 3. The number of fused-ring (bicyclic) bond motifs is 1. The van der Waals surface area contributed by atoms with E-state index < -0.39 is 5.24 Å². The third-order valence-electron chi connectivity index (χ3n) is 4.28. The number of aromatic nitrogens is 4. The smallest absolute Gasteiger partial charge is 0.256 e. The lowest BCUT2D eigenvalue weighted by atomic mass is 10.1. The Balaban J connectivity index is 0.00000210. The molecule has 0 aliphatic rings. The molecular weight excluding hydrogens is 390 g/mol. The second-order valence-electron chi connectivity index (χ2n) is 6.02. The van der Waals surface area contributed by atoms with Crippen LogP contribution in [0.15, 0.2) is 55.1 Å². The molecule has 3 aromatic heterocycles. The molecule has 1 aromatic carbocycles. The van der Waals surface area contributed by atoms with E-state index in [1.807, 2.05) is 25.4 Å². The third-order valence-corrected chi connectivity index (χ3v) is 4.48. The van der Waals surface area contributed by atoms with E-state index in [-0.39, 0.29) is 24.8 Å². The molecule has 5 nitrogen and oxygen atoms in total. The van der Waals surface area contributed by atoms with E-state index in [0.717, 1.165) is 16.6 Å². The Morgan fingerprint density at radius 2 is 2.04 bits per heavy atom. The molecule has 0 bridgehead atoms. The van der Waals surface area contributed by atoms with Crippen molar-refractivity contribution in [2.24, 2.45) is 7.05 Å². The van der Waals surface area contributed by atoms with Crippen molar-refractivity contribution < 1.29 is 9.18 Å². The van der Waals surface area contributed by atoms with Crippen LogP contribution in [0.25, 0.3) is 22.2 Å². The Morgan fingerprint density at radius 1 is 1.22 bits per heavy atom. The van der Waals surface area contributed by atoms with Gasteiger partial charge in [-0.1, -0.05) is 12.1 Å². The molecule has 27 heavy (non-hydrogen) atoms. The van der Waals surface area contributed by atoms with E-state index >= 15 is 0 Å². The minimum atomic E-state index is -0.583. The van der Waals surface area contributed by atoms with E-state index in [1.54, 1.807) is 40.0 Å². The maximum atomic E-state index is 14.6. The first kappa shape index (κ1) is 19.1. The fourth-order valence-electron chi connectivity index (χ4n) is 3.01. The van der Waals surface area contributed by atoms with Crippen molar-refractivity contribution in [3.63, 3.8) is 0 Å². The van der Waals surface area contributed by atoms with Crippen LogP contribution in [0.4, 0.5) is 4.39 Å². The summed E-state index contributed by atoms with van der Waals surface area (Å²) in [5, 5.41) is 3.52. The molecule has 0 saturated carbocycles. The van der Waals surface area contributed by atoms with Gasteiger partial charge in [0.15, 0.2) is 0 Å². The van der Waals surface area contributed by atoms with Gasteiger partial charge in [-0.2, -0.15) is 5.10 Å². The van der Waals surface area contributed by atoms with Crippen LogP contribution in [-0.4, -0.2) is 24.6 Å². The molecule has 0 saturated heterocycles. The van der Waals surface area contributed by atoms with Crippen molar-refractivity contribution >= 4 is 40.3 Å². The van der Waals surface area contributed by atoms with Gasteiger partial charge < -0.3 is 4.57 Å². The SMILES string of the molecule is Cl.Cn1cc(-c2ccc(Cn3cc(C(=O)Cl)c4ncccc43)c(F)c2)cn1. The topological polar surface area (TPSA) is 52.7 Å². The highest BCUT2D eigenvalue weighted by Gasteiger charge is 2.15. The summed E-state index contributed by atoms with van der Waals surface area (Å²) < 4.78 is 18.1. The zero-order valence-corrected chi connectivity index (χ0v) is 15.8. The van der Waals surface area contributed by atoms with Crippen molar-refractivity contribution in [1.29, 1.82) is 0 Å². The van der Waals surface area contributed by atoms with E-state index in [2.05, 4.69) is 10.1 Å². The summed E-state index contributed by atoms with van der Waals surface area (Å²) in [6.07, 6.45) is 6.73. The Hall–Kier alpha value is -2.70. The van der Waals surface area contributed by atoms with Gasteiger partial charge in [0.05, 0.1) is 23.8 Å². The van der Waals surface area contributed by atoms with E-state index in [4.69, 9.17) is 11.6 Å². The van der Waals surface area contributed by atoms with Crippen molar-refractivity contribution in [3.8, 4) is 11.1 Å². The molecule has 0 fully saturated rings. The fourth-order valence-corrected chi connectivity index (χ4v) is 3.14. The molecule has 0 aliphatic carbocycles. The van der Waals surface area contributed by atoms with Gasteiger partial charge in [0.25, 0.3) is 5.24 Å². The van der Waals surface area contributed by atoms with Gasteiger partial charge in [-0.25, -0.2) is 4.39 Å². The summed E-state index contributed by atoms with van der Waals surface area (Å²) in [6.45, 7) is 0.269. The first-order valence-corrected chi connectivity index (χ1v) is 8.32. The largest absolute Gasteiger partial charge is 0.341 e. The lowest BCUT2D eigenvalue weighted by molar-refractivity contribution is 0.108. The molecule has 0 amide bonds. The zero-order valence-electron chi connectivity index (χ0n) is 14.3. The van der Waals surface area contributed by atoms with E-state index in [9.17, 15) is 9.18 Å². The predicted octanol–water partition coefficient (Wildman–Crippen LogP) is 4.43. The van der Waals surface area contributed by atoms with Crippen LogP contribution in [0.5, 0.6) is 0 Å². The maximum Gasteiger partial charge on any atom is 0.256 e. The lowest BCUT2D eigenvalue weighted by Crippen LogP contribution is -2.01. The molecule has 0 N–H and O–H groups in total. The second-order valence-corrected chi connectivity index (χ2v) is 6.37. The first-order valence-electron chi connectivity index (χ1n) is 7.94. The highest BCUT2D eigenvalue weighted by molar-refractivity contribution is 6.68.